The van der Waals surface area contributed by atoms with E-state index < -0.39 is 0 Å². The second-order valence-corrected chi connectivity index (χ2v) is 9.30. The first-order chi connectivity index (χ1) is 15.4. The molecule has 0 heterocycles. The molecule has 0 amide bonds. The summed E-state index contributed by atoms with van der Waals surface area (Å²) in [6.45, 7) is 3.15. The van der Waals surface area contributed by atoms with Gasteiger partial charge in [-0.05, 0) is 18.1 Å². The summed E-state index contributed by atoms with van der Waals surface area (Å²) in [4.78, 5) is 0. The molecule has 0 aliphatic rings. The van der Waals surface area contributed by atoms with Gasteiger partial charge in [-0.15, -0.1) is 0 Å². The van der Waals surface area contributed by atoms with E-state index in [1.165, 1.54) is 134 Å². The van der Waals surface area contributed by atoms with Gasteiger partial charge in [0.15, 0.2) is 0 Å². The van der Waals surface area contributed by atoms with Crippen molar-refractivity contribution in [3.8, 4) is 0 Å². The van der Waals surface area contributed by atoms with Crippen LogP contribution in [0.4, 0.5) is 0 Å². The first-order valence-electron chi connectivity index (χ1n) is 13.8. The summed E-state index contributed by atoms with van der Waals surface area (Å²) < 4.78 is 5.59. The topological polar surface area (TPSA) is 9.23 Å². The fourth-order valence-electron chi connectivity index (χ4n) is 4.20. The Morgan fingerprint density at radius 2 is 0.903 bits per heavy atom. The summed E-state index contributed by atoms with van der Waals surface area (Å²) in [5.41, 5.74) is 1.20. The van der Waals surface area contributed by atoms with Crippen molar-refractivity contribution >= 4 is 6.08 Å². The number of unbranched alkanes of at least 4 members (excludes halogenated alkanes) is 19. The fourth-order valence-corrected chi connectivity index (χ4v) is 4.20. The largest absolute Gasteiger partial charge is 0.501 e. The van der Waals surface area contributed by atoms with Gasteiger partial charge in [0.25, 0.3) is 0 Å². The van der Waals surface area contributed by atoms with E-state index >= 15 is 0 Å². The number of ether oxygens (including phenoxy) is 1. The number of hydrogen-bond donors (Lipinski definition) is 0. The summed E-state index contributed by atoms with van der Waals surface area (Å²) in [5.74, 6) is 0. The SMILES string of the molecule is CCCCCCCCCCCCCCCCCCCCCCOC=Cc1ccccc1. The van der Waals surface area contributed by atoms with Crippen LogP contribution in [0.15, 0.2) is 36.6 Å². The van der Waals surface area contributed by atoms with Crippen molar-refractivity contribution in [2.75, 3.05) is 6.61 Å². The fraction of sp³-hybridized carbons (Fsp3) is 0.733. The monoisotopic (exact) mass is 428 g/mol. The molecule has 0 saturated heterocycles. The number of rotatable bonds is 23. The molecule has 0 atom stereocenters. The number of hydrogen-bond acceptors (Lipinski definition) is 1. The molecule has 0 bridgehead atoms. The van der Waals surface area contributed by atoms with Gasteiger partial charge in [-0.2, -0.15) is 0 Å². The van der Waals surface area contributed by atoms with Crippen LogP contribution in [-0.2, 0) is 4.74 Å². The van der Waals surface area contributed by atoms with E-state index in [-0.39, 0.29) is 0 Å². The molecule has 1 nitrogen and oxygen atoms in total. The zero-order chi connectivity index (χ0) is 22.1. The third-order valence-electron chi connectivity index (χ3n) is 6.27. The van der Waals surface area contributed by atoms with Crippen molar-refractivity contribution < 1.29 is 4.74 Å². The van der Waals surface area contributed by atoms with Gasteiger partial charge in [0, 0.05) is 0 Å². The van der Waals surface area contributed by atoms with E-state index in [9.17, 15) is 0 Å². The lowest BCUT2D eigenvalue weighted by molar-refractivity contribution is 0.243. The first kappa shape index (κ1) is 27.8. The first-order valence-corrected chi connectivity index (χ1v) is 13.8. The van der Waals surface area contributed by atoms with Crippen molar-refractivity contribution in [3.63, 3.8) is 0 Å². The summed E-state index contributed by atoms with van der Waals surface area (Å²) in [7, 11) is 0. The zero-order valence-corrected chi connectivity index (χ0v) is 20.8. The van der Waals surface area contributed by atoms with Crippen LogP contribution in [0.1, 0.15) is 141 Å². The molecule has 0 N–H and O–H groups in total. The maximum absolute atomic E-state index is 5.59. The Labute approximate surface area is 195 Å². The van der Waals surface area contributed by atoms with Crippen molar-refractivity contribution in [3.05, 3.63) is 42.2 Å². The minimum absolute atomic E-state index is 0.849. The van der Waals surface area contributed by atoms with Crippen molar-refractivity contribution in [1.82, 2.24) is 0 Å². The molecule has 0 aliphatic carbocycles. The lowest BCUT2D eigenvalue weighted by Crippen LogP contribution is -1.88. The van der Waals surface area contributed by atoms with E-state index in [0.717, 1.165) is 6.61 Å². The maximum atomic E-state index is 5.59. The van der Waals surface area contributed by atoms with Crippen molar-refractivity contribution in [2.45, 2.75) is 135 Å². The molecule has 31 heavy (non-hydrogen) atoms. The summed E-state index contributed by atoms with van der Waals surface area (Å²) in [6, 6.07) is 10.3. The summed E-state index contributed by atoms with van der Waals surface area (Å²) >= 11 is 0. The van der Waals surface area contributed by atoms with Crippen LogP contribution < -0.4 is 0 Å². The second-order valence-electron chi connectivity index (χ2n) is 9.30. The van der Waals surface area contributed by atoms with Crippen molar-refractivity contribution in [2.24, 2.45) is 0 Å². The molecule has 1 aromatic rings. The van der Waals surface area contributed by atoms with Crippen LogP contribution in [0.2, 0.25) is 0 Å². The van der Waals surface area contributed by atoms with Crippen LogP contribution in [0.5, 0.6) is 0 Å². The highest BCUT2D eigenvalue weighted by atomic mass is 16.5. The lowest BCUT2D eigenvalue weighted by atomic mass is 10.0. The van der Waals surface area contributed by atoms with Crippen LogP contribution in [0, 0.1) is 0 Å². The van der Waals surface area contributed by atoms with Gasteiger partial charge in [0.1, 0.15) is 0 Å². The van der Waals surface area contributed by atoms with E-state index in [1.807, 2.05) is 18.4 Å². The normalized spacial score (nSPS) is 11.4. The molecule has 0 fully saturated rings. The highest BCUT2D eigenvalue weighted by molar-refractivity contribution is 5.47. The molecule has 1 aromatic carbocycles. The predicted octanol–water partition coefficient (Wildman–Crippen LogP) is 10.5. The molecule has 0 radical (unpaired) electrons. The van der Waals surface area contributed by atoms with E-state index in [2.05, 4.69) is 31.2 Å². The zero-order valence-electron chi connectivity index (χ0n) is 20.8. The summed E-state index contributed by atoms with van der Waals surface area (Å²) in [6.07, 6.45) is 32.4. The Morgan fingerprint density at radius 3 is 1.32 bits per heavy atom. The molecule has 0 saturated carbocycles. The maximum Gasteiger partial charge on any atom is 0.0873 e. The standard InChI is InChI=1S/C30H52O/c1-2-3-4-5-6-7-8-9-10-11-12-13-14-15-16-17-18-19-20-24-28-31-29-27-30-25-22-21-23-26-30/h21-23,25-27,29H,2-20,24,28H2,1H3. The minimum Gasteiger partial charge on any atom is -0.501 e. The van der Waals surface area contributed by atoms with Gasteiger partial charge in [0.2, 0.25) is 0 Å². The predicted molar refractivity (Wildman–Crippen MR) is 139 cm³/mol. The van der Waals surface area contributed by atoms with Crippen LogP contribution in [-0.4, -0.2) is 6.61 Å². The quantitative estimate of drug-likeness (QED) is 0.124. The average Bonchev–Trinajstić information content (AvgIpc) is 2.80. The molecular formula is C30H52O. The Hall–Kier alpha value is -1.24. The van der Waals surface area contributed by atoms with Gasteiger partial charge in [0.05, 0.1) is 12.9 Å². The Morgan fingerprint density at radius 1 is 0.516 bits per heavy atom. The van der Waals surface area contributed by atoms with Gasteiger partial charge in [-0.3, -0.25) is 0 Å². The van der Waals surface area contributed by atoms with Gasteiger partial charge in [-0.25, -0.2) is 0 Å². The third-order valence-corrected chi connectivity index (χ3v) is 6.27. The van der Waals surface area contributed by atoms with Crippen LogP contribution >= 0.6 is 0 Å². The Kier molecular flexibility index (Phi) is 21.0. The molecule has 178 valence electrons. The molecular weight excluding hydrogens is 376 g/mol. The highest BCUT2D eigenvalue weighted by Gasteiger charge is 1.95. The van der Waals surface area contributed by atoms with E-state index in [0.29, 0.717) is 0 Å². The minimum atomic E-state index is 0.849. The van der Waals surface area contributed by atoms with Gasteiger partial charge < -0.3 is 4.74 Å². The molecule has 0 unspecified atom stereocenters. The molecule has 1 heteroatoms. The van der Waals surface area contributed by atoms with Gasteiger partial charge >= 0.3 is 0 Å². The Bertz CT molecular complexity index is 478. The average molecular weight is 429 g/mol. The second kappa shape index (κ2) is 23.4. The third kappa shape index (κ3) is 20.4. The van der Waals surface area contributed by atoms with Gasteiger partial charge in [-0.1, -0.05) is 159 Å². The summed E-state index contributed by atoms with van der Waals surface area (Å²) in [5, 5.41) is 0. The van der Waals surface area contributed by atoms with E-state index in [1.54, 1.807) is 0 Å². The molecule has 1 rings (SSSR count). The highest BCUT2D eigenvalue weighted by Crippen LogP contribution is 2.14. The molecule has 0 spiro atoms. The van der Waals surface area contributed by atoms with Crippen molar-refractivity contribution in [1.29, 1.82) is 0 Å². The lowest BCUT2D eigenvalue weighted by Gasteiger charge is -2.04. The Balaban J connectivity index is 1.68. The number of benzene rings is 1. The van der Waals surface area contributed by atoms with E-state index in [4.69, 9.17) is 4.74 Å². The molecule has 0 aliphatic heterocycles. The smallest absolute Gasteiger partial charge is 0.0873 e. The molecule has 0 aromatic heterocycles. The van der Waals surface area contributed by atoms with Crippen LogP contribution in [0.25, 0.3) is 6.08 Å². The van der Waals surface area contributed by atoms with Crippen LogP contribution in [0.3, 0.4) is 0 Å².